The fraction of sp³-hybridized carbons (Fsp3) is 0.231. The molecule has 0 radical (unpaired) electrons. The van der Waals surface area contributed by atoms with Gasteiger partial charge in [0.05, 0.1) is 5.56 Å². The van der Waals surface area contributed by atoms with Crippen LogP contribution in [0.1, 0.15) is 12.5 Å². The summed E-state index contributed by atoms with van der Waals surface area (Å²) in [5, 5.41) is 9.21. The highest BCUT2D eigenvalue weighted by molar-refractivity contribution is 5.77. The molecule has 0 fully saturated rings. The Hall–Kier alpha value is -3.84. The molecule has 4 aromatic rings. The first-order valence-corrected chi connectivity index (χ1v) is 10.8. The third kappa shape index (κ3) is 5.70. The van der Waals surface area contributed by atoms with Crippen LogP contribution in [0.5, 0.6) is 11.5 Å². The molecule has 0 saturated heterocycles. The molecule has 3 aromatic carbocycles. The van der Waals surface area contributed by atoms with Crippen LogP contribution in [0.15, 0.2) is 77.2 Å². The van der Waals surface area contributed by atoms with Gasteiger partial charge in [0.25, 0.3) is 0 Å². The van der Waals surface area contributed by atoms with Crippen molar-refractivity contribution in [3.63, 3.8) is 0 Å². The zero-order valence-electron chi connectivity index (χ0n) is 18.3. The average Bonchev–Trinajstić information content (AvgIpc) is 3.27. The molecule has 33 heavy (non-hydrogen) atoms. The molecular formula is C26H25NO6. The summed E-state index contributed by atoms with van der Waals surface area (Å²) in [5.41, 5.74) is 3.17. The van der Waals surface area contributed by atoms with Crippen LogP contribution in [-0.4, -0.2) is 42.0 Å². The number of para-hydroxylation sites is 3. The summed E-state index contributed by atoms with van der Waals surface area (Å²) in [7, 11) is 0. The maximum atomic E-state index is 11.2. The molecule has 7 heteroatoms. The predicted molar refractivity (Wildman–Crippen MR) is 124 cm³/mol. The number of rotatable bonds is 11. The van der Waals surface area contributed by atoms with Crippen LogP contribution in [0.4, 0.5) is 0 Å². The molecule has 1 atom stereocenters. The first kappa shape index (κ1) is 22.4. The number of fused-ring (bicyclic) bond motifs is 1. The Morgan fingerprint density at radius 1 is 0.970 bits per heavy atom. The summed E-state index contributed by atoms with van der Waals surface area (Å²) >= 11 is 0. The fourth-order valence-electron chi connectivity index (χ4n) is 3.42. The number of ether oxygens (including phenoxy) is 3. The minimum Gasteiger partial charge on any atom is -0.490 e. The number of nitrogens with zero attached hydrogens (tertiary/aromatic N) is 1. The summed E-state index contributed by atoms with van der Waals surface area (Å²) < 4.78 is 22.8. The smallest absolute Gasteiger partial charge is 0.333 e. The van der Waals surface area contributed by atoms with E-state index in [0.29, 0.717) is 43.6 Å². The van der Waals surface area contributed by atoms with Crippen LogP contribution < -0.4 is 9.47 Å². The van der Waals surface area contributed by atoms with Crippen LogP contribution >= 0.6 is 0 Å². The predicted octanol–water partition coefficient (Wildman–Crippen LogP) is 4.98. The monoisotopic (exact) mass is 447 g/mol. The Morgan fingerprint density at radius 2 is 1.70 bits per heavy atom. The van der Waals surface area contributed by atoms with Crippen LogP contribution in [0.3, 0.4) is 0 Å². The van der Waals surface area contributed by atoms with Gasteiger partial charge in [-0.1, -0.05) is 36.4 Å². The van der Waals surface area contributed by atoms with E-state index in [1.54, 1.807) is 6.92 Å². The van der Waals surface area contributed by atoms with Gasteiger partial charge in [-0.3, -0.25) is 0 Å². The second-order valence-corrected chi connectivity index (χ2v) is 7.31. The Kier molecular flexibility index (Phi) is 7.22. The first-order chi connectivity index (χ1) is 16.1. The van der Waals surface area contributed by atoms with Gasteiger partial charge >= 0.3 is 5.97 Å². The Balaban J connectivity index is 1.32. The van der Waals surface area contributed by atoms with Gasteiger partial charge in [0, 0.05) is 13.0 Å². The van der Waals surface area contributed by atoms with E-state index in [0.717, 1.165) is 22.2 Å². The first-order valence-electron chi connectivity index (χ1n) is 10.8. The molecule has 0 amide bonds. The summed E-state index contributed by atoms with van der Waals surface area (Å²) in [5.74, 6) is 0.888. The fourth-order valence-corrected chi connectivity index (χ4v) is 3.42. The third-order valence-corrected chi connectivity index (χ3v) is 5.01. The average molecular weight is 447 g/mol. The summed E-state index contributed by atoms with van der Waals surface area (Å²) in [4.78, 5) is 15.8. The van der Waals surface area contributed by atoms with Crippen molar-refractivity contribution in [3.8, 4) is 23.0 Å². The molecule has 1 heterocycles. The van der Waals surface area contributed by atoms with Gasteiger partial charge < -0.3 is 23.7 Å². The Labute approximate surface area is 191 Å². The Morgan fingerprint density at radius 3 is 2.45 bits per heavy atom. The summed E-state index contributed by atoms with van der Waals surface area (Å²) in [6.45, 7) is 2.82. The van der Waals surface area contributed by atoms with Gasteiger partial charge in [0.2, 0.25) is 5.89 Å². The van der Waals surface area contributed by atoms with Crippen molar-refractivity contribution < 1.29 is 28.5 Å². The normalized spacial score (nSPS) is 11.9. The van der Waals surface area contributed by atoms with Crippen molar-refractivity contribution in [1.29, 1.82) is 0 Å². The van der Waals surface area contributed by atoms with Crippen LogP contribution in [0, 0.1) is 0 Å². The lowest BCUT2D eigenvalue weighted by Crippen LogP contribution is -2.26. The maximum absolute atomic E-state index is 11.2. The largest absolute Gasteiger partial charge is 0.490 e. The number of hydrogen-bond donors (Lipinski definition) is 1. The van der Waals surface area contributed by atoms with Crippen molar-refractivity contribution in [1.82, 2.24) is 4.98 Å². The number of aromatic nitrogens is 1. The second kappa shape index (κ2) is 10.7. The number of carboxylic acids is 1. The topological polar surface area (TPSA) is 91.0 Å². The van der Waals surface area contributed by atoms with E-state index >= 15 is 0 Å². The number of aliphatic carboxylic acids is 1. The van der Waals surface area contributed by atoms with Gasteiger partial charge in [-0.05, 0) is 48.9 Å². The molecule has 0 saturated carbocycles. The molecule has 1 N–H and O–H groups in total. The summed E-state index contributed by atoms with van der Waals surface area (Å²) in [6.07, 6.45) is -0.546. The molecule has 170 valence electrons. The van der Waals surface area contributed by atoms with Crippen molar-refractivity contribution in [3.05, 3.63) is 78.4 Å². The molecular weight excluding hydrogens is 422 g/mol. The quantitative estimate of drug-likeness (QED) is 0.324. The lowest BCUT2D eigenvalue weighted by Gasteiger charge is -2.13. The van der Waals surface area contributed by atoms with Crippen LogP contribution in [-0.2, 0) is 16.0 Å². The number of carboxylic acid groups (broad SMARTS) is 1. The lowest BCUT2D eigenvalue weighted by atomic mass is 10.1. The van der Waals surface area contributed by atoms with E-state index in [1.807, 2.05) is 72.8 Å². The molecule has 0 bridgehead atoms. The number of oxazole rings is 1. The zero-order chi connectivity index (χ0) is 23.0. The van der Waals surface area contributed by atoms with Crippen LogP contribution in [0.2, 0.25) is 0 Å². The van der Waals surface area contributed by atoms with Gasteiger partial charge in [-0.15, -0.1) is 0 Å². The zero-order valence-corrected chi connectivity index (χ0v) is 18.3. The van der Waals surface area contributed by atoms with E-state index in [1.165, 1.54) is 0 Å². The standard InChI is InChI=1S/C26H25NO6/c1-2-30-24(26(28)29)17-18-11-13-19(14-12-18)31-15-16-32-22-9-5-3-7-20(22)25-27-21-8-4-6-10-23(21)33-25/h3-14,24H,2,15-17H2,1H3,(H,28,29)/t24-/m0/s1. The minimum absolute atomic E-state index is 0.305. The maximum Gasteiger partial charge on any atom is 0.333 e. The van der Waals surface area contributed by atoms with E-state index < -0.39 is 12.1 Å². The van der Waals surface area contributed by atoms with Gasteiger partial charge in [0.15, 0.2) is 11.7 Å². The molecule has 0 spiro atoms. The third-order valence-electron chi connectivity index (χ3n) is 5.01. The van der Waals surface area contributed by atoms with E-state index in [-0.39, 0.29) is 0 Å². The highest BCUT2D eigenvalue weighted by Gasteiger charge is 2.18. The highest BCUT2D eigenvalue weighted by Crippen LogP contribution is 2.31. The molecule has 7 nitrogen and oxygen atoms in total. The van der Waals surface area contributed by atoms with E-state index in [9.17, 15) is 9.90 Å². The molecule has 0 unspecified atom stereocenters. The molecule has 0 aliphatic rings. The number of hydrogen-bond acceptors (Lipinski definition) is 6. The Bertz CT molecular complexity index is 1170. The van der Waals surface area contributed by atoms with Crippen LogP contribution in [0.25, 0.3) is 22.6 Å². The van der Waals surface area contributed by atoms with E-state index in [2.05, 4.69) is 4.98 Å². The van der Waals surface area contributed by atoms with Gasteiger partial charge in [-0.25, -0.2) is 9.78 Å². The van der Waals surface area contributed by atoms with Crippen molar-refractivity contribution >= 4 is 17.1 Å². The van der Waals surface area contributed by atoms with Crippen molar-refractivity contribution in [2.45, 2.75) is 19.4 Å². The molecule has 1 aromatic heterocycles. The highest BCUT2D eigenvalue weighted by atomic mass is 16.5. The van der Waals surface area contributed by atoms with Crippen molar-refractivity contribution in [2.75, 3.05) is 19.8 Å². The van der Waals surface area contributed by atoms with Gasteiger partial charge in [0.1, 0.15) is 30.2 Å². The second-order valence-electron chi connectivity index (χ2n) is 7.31. The van der Waals surface area contributed by atoms with E-state index in [4.69, 9.17) is 18.6 Å². The lowest BCUT2D eigenvalue weighted by molar-refractivity contribution is -0.149. The van der Waals surface area contributed by atoms with Gasteiger partial charge in [-0.2, -0.15) is 0 Å². The molecule has 4 rings (SSSR count). The molecule has 0 aliphatic carbocycles. The molecule has 0 aliphatic heterocycles. The summed E-state index contributed by atoms with van der Waals surface area (Å²) in [6, 6.07) is 22.5. The number of benzene rings is 3. The van der Waals surface area contributed by atoms with Crippen molar-refractivity contribution in [2.24, 2.45) is 0 Å². The number of carbonyl (C=O) groups is 1. The minimum atomic E-state index is -0.965. The SMILES string of the molecule is CCO[C@@H](Cc1ccc(OCCOc2ccccc2-c2nc3ccccc3o2)cc1)C(=O)O.